The summed E-state index contributed by atoms with van der Waals surface area (Å²) in [6, 6.07) is 17.4. The van der Waals surface area contributed by atoms with Crippen LogP contribution in [0, 0.1) is 6.92 Å². The van der Waals surface area contributed by atoms with Crippen molar-refractivity contribution in [3.63, 3.8) is 0 Å². The first-order valence-electron chi connectivity index (χ1n) is 8.37. The molecule has 1 unspecified atom stereocenters. The van der Waals surface area contributed by atoms with Gasteiger partial charge in [0.1, 0.15) is 0 Å². The highest BCUT2D eigenvalue weighted by Gasteiger charge is 2.08. The summed E-state index contributed by atoms with van der Waals surface area (Å²) < 4.78 is 0. The van der Waals surface area contributed by atoms with E-state index < -0.39 is 0 Å². The van der Waals surface area contributed by atoms with Gasteiger partial charge in [-0.05, 0) is 35.3 Å². The molecule has 0 fully saturated rings. The molecule has 3 rings (SSSR count). The van der Waals surface area contributed by atoms with Crippen molar-refractivity contribution in [3.05, 3.63) is 102 Å². The van der Waals surface area contributed by atoms with E-state index >= 15 is 0 Å². The summed E-state index contributed by atoms with van der Waals surface area (Å²) in [5.41, 5.74) is 6.14. The second-order valence-electron chi connectivity index (χ2n) is 6.16. The van der Waals surface area contributed by atoms with E-state index in [1.54, 1.807) is 0 Å². The monoisotopic (exact) mass is 316 g/mol. The first kappa shape index (κ1) is 16.3. The average molecular weight is 316 g/mol. The summed E-state index contributed by atoms with van der Waals surface area (Å²) in [5.74, 6) is 0. The maximum atomic E-state index is 4.07. The van der Waals surface area contributed by atoms with Crippen molar-refractivity contribution >= 4 is 5.69 Å². The Kier molecular flexibility index (Phi) is 5.29. The van der Waals surface area contributed by atoms with E-state index in [0.717, 1.165) is 18.7 Å². The first-order valence-corrected chi connectivity index (χ1v) is 8.37. The molecule has 0 spiro atoms. The molecular weight excluding hydrogens is 292 g/mol. The molecule has 2 N–H and O–H groups in total. The third-order valence-corrected chi connectivity index (χ3v) is 4.30. The van der Waals surface area contributed by atoms with Gasteiger partial charge in [0, 0.05) is 18.8 Å². The molecule has 1 aliphatic rings. The standard InChI is InChI=1S/C22H24N2/c1-17-7-3-5-9-21(17)23-15-19-11-13-20(14-12-19)16-24-22-10-6-4-8-18(22)2/h3-14,21,23-24H,1,15-16H2,2H3. The smallest absolute Gasteiger partial charge is 0.0506 e. The van der Waals surface area contributed by atoms with Crippen molar-refractivity contribution in [1.29, 1.82) is 0 Å². The van der Waals surface area contributed by atoms with E-state index in [1.807, 2.05) is 6.08 Å². The van der Waals surface area contributed by atoms with Gasteiger partial charge in [-0.2, -0.15) is 0 Å². The van der Waals surface area contributed by atoms with E-state index in [2.05, 4.69) is 90.9 Å². The van der Waals surface area contributed by atoms with Crippen LogP contribution in [0.5, 0.6) is 0 Å². The van der Waals surface area contributed by atoms with Crippen LogP contribution in [0.2, 0.25) is 0 Å². The van der Waals surface area contributed by atoms with Gasteiger partial charge in [-0.3, -0.25) is 0 Å². The number of aryl methyl sites for hydroxylation is 1. The normalized spacial score (nSPS) is 16.4. The molecular formula is C22H24N2. The molecule has 0 aliphatic heterocycles. The van der Waals surface area contributed by atoms with E-state index in [9.17, 15) is 0 Å². The maximum Gasteiger partial charge on any atom is 0.0506 e. The summed E-state index contributed by atoms with van der Waals surface area (Å²) in [6.45, 7) is 7.88. The Balaban J connectivity index is 1.52. The second-order valence-corrected chi connectivity index (χ2v) is 6.16. The predicted octanol–water partition coefficient (Wildman–Crippen LogP) is 4.75. The Morgan fingerprint density at radius 2 is 1.62 bits per heavy atom. The Bertz CT molecular complexity index is 754. The van der Waals surface area contributed by atoms with Crippen molar-refractivity contribution < 1.29 is 0 Å². The summed E-state index contributed by atoms with van der Waals surface area (Å²) in [4.78, 5) is 0. The van der Waals surface area contributed by atoms with E-state index in [0.29, 0.717) is 0 Å². The van der Waals surface area contributed by atoms with Crippen LogP contribution >= 0.6 is 0 Å². The van der Waals surface area contributed by atoms with Crippen molar-refractivity contribution in [2.24, 2.45) is 0 Å². The number of anilines is 1. The summed E-state index contributed by atoms with van der Waals surface area (Å²) >= 11 is 0. The fourth-order valence-corrected chi connectivity index (χ4v) is 2.75. The molecule has 24 heavy (non-hydrogen) atoms. The summed E-state index contributed by atoms with van der Waals surface area (Å²) in [5, 5.41) is 7.01. The lowest BCUT2D eigenvalue weighted by Crippen LogP contribution is -2.28. The summed E-state index contributed by atoms with van der Waals surface area (Å²) in [6.07, 6.45) is 8.28. The molecule has 2 nitrogen and oxygen atoms in total. The molecule has 0 aromatic heterocycles. The molecule has 0 heterocycles. The Hall–Kier alpha value is -2.58. The molecule has 0 radical (unpaired) electrons. The van der Waals surface area contributed by atoms with Crippen molar-refractivity contribution in [1.82, 2.24) is 5.32 Å². The number of hydrogen-bond acceptors (Lipinski definition) is 2. The topological polar surface area (TPSA) is 24.1 Å². The number of allylic oxidation sites excluding steroid dienone is 2. The van der Waals surface area contributed by atoms with Gasteiger partial charge in [-0.25, -0.2) is 0 Å². The van der Waals surface area contributed by atoms with Gasteiger partial charge in [0.2, 0.25) is 0 Å². The van der Waals surface area contributed by atoms with Gasteiger partial charge in [-0.15, -0.1) is 0 Å². The maximum absolute atomic E-state index is 4.07. The molecule has 0 amide bonds. The zero-order chi connectivity index (χ0) is 16.8. The SMILES string of the molecule is C=C1C=CC=CC1NCc1ccc(CNc2ccccc2C)cc1. The van der Waals surface area contributed by atoms with Crippen LogP contribution in [0.3, 0.4) is 0 Å². The number of para-hydroxylation sites is 1. The third kappa shape index (κ3) is 4.24. The van der Waals surface area contributed by atoms with Crippen molar-refractivity contribution in [3.8, 4) is 0 Å². The van der Waals surface area contributed by atoms with E-state index in [1.165, 1.54) is 22.4 Å². The second kappa shape index (κ2) is 7.80. The molecule has 0 saturated carbocycles. The molecule has 122 valence electrons. The third-order valence-electron chi connectivity index (χ3n) is 4.30. The number of rotatable bonds is 6. The van der Waals surface area contributed by atoms with E-state index in [-0.39, 0.29) is 6.04 Å². The lowest BCUT2D eigenvalue weighted by molar-refractivity contribution is 0.659. The van der Waals surface area contributed by atoms with Crippen LogP contribution < -0.4 is 10.6 Å². The lowest BCUT2D eigenvalue weighted by atomic mass is 10.0. The molecule has 2 heteroatoms. The van der Waals surface area contributed by atoms with Gasteiger partial charge in [0.15, 0.2) is 0 Å². The largest absolute Gasteiger partial charge is 0.381 e. The minimum absolute atomic E-state index is 0.234. The highest BCUT2D eigenvalue weighted by Crippen LogP contribution is 2.15. The first-order chi connectivity index (χ1) is 11.7. The summed E-state index contributed by atoms with van der Waals surface area (Å²) in [7, 11) is 0. The Morgan fingerprint density at radius 1 is 0.917 bits per heavy atom. The Morgan fingerprint density at radius 3 is 2.33 bits per heavy atom. The molecule has 2 aromatic rings. The number of hydrogen-bond donors (Lipinski definition) is 2. The highest BCUT2D eigenvalue weighted by molar-refractivity contribution is 5.50. The zero-order valence-corrected chi connectivity index (χ0v) is 14.1. The van der Waals surface area contributed by atoms with Crippen molar-refractivity contribution in [2.45, 2.75) is 26.1 Å². The van der Waals surface area contributed by atoms with Gasteiger partial charge in [0.05, 0.1) is 6.04 Å². The van der Waals surface area contributed by atoms with Gasteiger partial charge in [0.25, 0.3) is 0 Å². The average Bonchev–Trinajstić information content (AvgIpc) is 2.61. The lowest BCUT2D eigenvalue weighted by Gasteiger charge is -2.17. The van der Waals surface area contributed by atoms with Gasteiger partial charge < -0.3 is 10.6 Å². The minimum atomic E-state index is 0.234. The molecule has 0 bridgehead atoms. The minimum Gasteiger partial charge on any atom is -0.381 e. The highest BCUT2D eigenvalue weighted by atomic mass is 14.9. The van der Waals surface area contributed by atoms with Gasteiger partial charge >= 0.3 is 0 Å². The molecule has 0 saturated heterocycles. The van der Waals surface area contributed by atoms with Gasteiger partial charge in [-0.1, -0.05) is 73.3 Å². The van der Waals surface area contributed by atoms with Crippen molar-refractivity contribution in [2.75, 3.05) is 5.32 Å². The van der Waals surface area contributed by atoms with Crippen LogP contribution in [0.25, 0.3) is 0 Å². The van der Waals surface area contributed by atoms with Crippen LogP contribution in [-0.4, -0.2) is 6.04 Å². The molecule has 2 aromatic carbocycles. The quantitative estimate of drug-likeness (QED) is 0.804. The zero-order valence-electron chi connectivity index (χ0n) is 14.1. The fourth-order valence-electron chi connectivity index (χ4n) is 2.75. The van der Waals surface area contributed by atoms with Crippen LogP contribution in [0.15, 0.2) is 85.0 Å². The van der Waals surface area contributed by atoms with E-state index in [4.69, 9.17) is 0 Å². The molecule has 1 atom stereocenters. The fraction of sp³-hybridized carbons (Fsp3) is 0.182. The Labute approximate surface area is 144 Å². The number of nitrogens with one attached hydrogen (secondary N) is 2. The number of benzene rings is 2. The predicted molar refractivity (Wildman–Crippen MR) is 103 cm³/mol. The molecule has 1 aliphatic carbocycles. The van der Waals surface area contributed by atoms with Crippen LogP contribution in [-0.2, 0) is 13.1 Å². The van der Waals surface area contributed by atoms with Crippen LogP contribution in [0.1, 0.15) is 16.7 Å². The van der Waals surface area contributed by atoms with Crippen LogP contribution in [0.4, 0.5) is 5.69 Å².